The predicted molar refractivity (Wildman–Crippen MR) is 47.1 cm³/mol. The SMILES string of the molecule is C[C@H](C#N)c1ccccc1[N+](=O)[O-]. The number of benzene rings is 1. The molecule has 0 aliphatic rings. The van der Waals surface area contributed by atoms with Crippen LogP contribution in [0.25, 0.3) is 0 Å². The van der Waals surface area contributed by atoms with Crippen molar-refractivity contribution in [2.45, 2.75) is 12.8 Å². The molecule has 1 aromatic rings. The minimum Gasteiger partial charge on any atom is -0.258 e. The second-order valence-corrected chi connectivity index (χ2v) is 2.67. The molecule has 0 unspecified atom stereocenters. The van der Waals surface area contributed by atoms with E-state index in [0.29, 0.717) is 5.56 Å². The molecule has 0 aliphatic carbocycles. The van der Waals surface area contributed by atoms with Crippen LogP contribution in [0.15, 0.2) is 24.3 Å². The fraction of sp³-hybridized carbons (Fsp3) is 0.222. The van der Waals surface area contributed by atoms with Gasteiger partial charge in [0.05, 0.1) is 16.9 Å². The molecule has 0 saturated heterocycles. The van der Waals surface area contributed by atoms with Crippen LogP contribution in [0.4, 0.5) is 5.69 Å². The van der Waals surface area contributed by atoms with Gasteiger partial charge in [0.15, 0.2) is 0 Å². The van der Waals surface area contributed by atoms with Gasteiger partial charge in [-0.1, -0.05) is 18.2 Å². The molecule has 0 aromatic heterocycles. The molecule has 13 heavy (non-hydrogen) atoms. The van der Waals surface area contributed by atoms with E-state index in [9.17, 15) is 10.1 Å². The van der Waals surface area contributed by atoms with E-state index in [1.54, 1.807) is 25.1 Å². The smallest absolute Gasteiger partial charge is 0.258 e. The first-order valence-corrected chi connectivity index (χ1v) is 3.79. The first kappa shape index (κ1) is 9.20. The van der Waals surface area contributed by atoms with Gasteiger partial charge in [-0.25, -0.2) is 0 Å². The minimum atomic E-state index is -0.469. The van der Waals surface area contributed by atoms with Gasteiger partial charge in [0, 0.05) is 11.6 Å². The molecule has 0 saturated carbocycles. The molecular formula is C9H8N2O2. The van der Waals surface area contributed by atoms with Crippen LogP contribution in [-0.4, -0.2) is 4.92 Å². The van der Waals surface area contributed by atoms with Crippen molar-refractivity contribution in [3.05, 3.63) is 39.9 Å². The van der Waals surface area contributed by atoms with E-state index in [0.717, 1.165) is 0 Å². The molecule has 0 radical (unpaired) electrons. The molecule has 0 spiro atoms. The molecule has 0 aliphatic heterocycles. The lowest BCUT2D eigenvalue weighted by atomic mass is 10.0. The summed E-state index contributed by atoms with van der Waals surface area (Å²) in [5.74, 6) is -0.443. The Morgan fingerprint density at radius 2 is 2.15 bits per heavy atom. The van der Waals surface area contributed by atoms with Crippen molar-refractivity contribution >= 4 is 5.69 Å². The third kappa shape index (κ3) is 1.82. The van der Waals surface area contributed by atoms with E-state index in [1.165, 1.54) is 6.07 Å². The highest BCUT2D eigenvalue weighted by molar-refractivity contribution is 5.43. The summed E-state index contributed by atoms with van der Waals surface area (Å²) >= 11 is 0. The first-order valence-electron chi connectivity index (χ1n) is 3.79. The second-order valence-electron chi connectivity index (χ2n) is 2.67. The number of nitrogens with zero attached hydrogens (tertiary/aromatic N) is 2. The van der Waals surface area contributed by atoms with Gasteiger partial charge in [-0.15, -0.1) is 0 Å². The van der Waals surface area contributed by atoms with Crippen LogP contribution >= 0.6 is 0 Å². The fourth-order valence-electron chi connectivity index (χ4n) is 1.09. The highest BCUT2D eigenvalue weighted by Gasteiger charge is 2.16. The van der Waals surface area contributed by atoms with E-state index >= 15 is 0 Å². The summed E-state index contributed by atoms with van der Waals surface area (Å²) in [6.07, 6.45) is 0. The average molecular weight is 176 g/mol. The maximum atomic E-state index is 10.5. The maximum Gasteiger partial charge on any atom is 0.273 e. The number of nitro groups is 1. The molecule has 1 aromatic carbocycles. The Balaban J connectivity index is 3.21. The third-order valence-electron chi connectivity index (χ3n) is 1.79. The highest BCUT2D eigenvalue weighted by Crippen LogP contribution is 2.24. The molecule has 0 heterocycles. The Bertz CT molecular complexity index is 368. The molecule has 1 atom stereocenters. The van der Waals surface area contributed by atoms with Gasteiger partial charge in [0.2, 0.25) is 0 Å². The van der Waals surface area contributed by atoms with Gasteiger partial charge in [-0.05, 0) is 6.92 Å². The Hall–Kier alpha value is -1.89. The maximum absolute atomic E-state index is 10.5. The molecule has 4 heteroatoms. The Morgan fingerprint density at radius 1 is 1.54 bits per heavy atom. The minimum absolute atomic E-state index is 0.0107. The summed E-state index contributed by atoms with van der Waals surface area (Å²) in [4.78, 5) is 10.1. The molecule has 4 nitrogen and oxygen atoms in total. The Kier molecular flexibility index (Phi) is 2.60. The monoisotopic (exact) mass is 176 g/mol. The molecule has 0 N–H and O–H groups in total. The lowest BCUT2D eigenvalue weighted by Gasteiger charge is -2.02. The van der Waals surface area contributed by atoms with E-state index in [1.807, 2.05) is 6.07 Å². The van der Waals surface area contributed by atoms with Crippen molar-refractivity contribution < 1.29 is 4.92 Å². The zero-order valence-electron chi connectivity index (χ0n) is 7.10. The number of rotatable bonds is 2. The summed E-state index contributed by atoms with van der Waals surface area (Å²) in [6, 6.07) is 8.26. The largest absolute Gasteiger partial charge is 0.273 e. The zero-order chi connectivity index (χ0) is 9.84. The summed E-state index contributed by atoms with van der Waals surface area (Å²) in [6.45, 7) is 1.64. The van der Waals surface area contributed by atoms with Gasteiger partial charge >= 0.3 is 0 Å². The molecule has 0 bridgehead atoms. The molecule has 0 fully saturated rings. The average Bonchev–Trinajstić information content (AvgIpc) is 2.16. The normalized spacial score (nSPS) is 11.7. The molecule has 0 amide bonds. The van der Waals surface area contributed by atoms with Crippen LogP contribution in [-0.2, 0) is 0 Å². The van der Waals surface area contributed by atoms with Crippen molar-refractivity contribution in [2.24, 2.45) is 0 Å². The lowest BCUT2D eigenvalue weighted by molar-refractivity contribution is -0.385. The van der Waals surface area contributed by atoms with Gasteiger partial charge in [-0.3, -0.25) is 10.1 Å². The zero-order valence-corrected chi connectivity index (χ0v) is 7.10. The van der Waals surface area contributed by atoms with Crippen LogP contribution in [0, 0.1) is 21.4 Å². The third-order valence-corrected chi connectivity index (χ3v) is 1.79. The van der Waals surface area contributed by atoms with E-state index in [4.69, 9.17) is 5.26 Å². The predicted octanol–water partition coefficient (Wildman–Crippen LogP) is 2.22. The van der Waals surface area contributed by atoms with E-state index < -0.39 is 10.8 Å². The Labute approximate surface area is 75.6 Å². The van der Waals surface area contributed by atoms with Crippen molar-refractivity contribution in [2.75, 3.05) is 0 Å². The second kappa shape index (κ2) is 3.68. The number of hydrogen-bond acceptors (Lipinski definition) is 3. The van der Waals surface area contributed by atoms with Crippen molar-refractivity contribution in [3.63, 3.8) is 0 Å². The number of para-hydroxylation sites is 1. The lowest BCUT2D eigenvalue weighted by Crippen LogP contribution is -1.97. The van der Waals surface area contributed by atoms with Crippen molar-refractivity contribution in [3.8, 4) is 6.07 Å². The molecule has 66 valence electrons. The van der Waals surface area contributed by atoms with Crippen LogP contribution in [0.5, 0.6) is 0 Å². The quantitative estimate of drug-likeness (QED) is 0.512. The van der Waals surface area contributed by atoms with Crippen molar-refractivity contribution in [1.82, 2.24) is 0 Å². The van der Waals surface area contributed by atoms with Crippen molar-refractivity contribution in [1.29, 1.82) is 5.26 Å². The van der Waals surface area contributed by atoms with Crippen LogP contribution < -0.4 is 0 Å². The molecular weight excluding hydrogens is 168 g/mol. The van der Waals surface area contributed by atoms with Crippen LogP contribution in [0.3, 0.4) is 0 Å². The van der Waals surface area contributed by atoms with Crippen LogP contribution in [0.1, 0.15) is 18.4 Å². The molecule has 1 rings (SSSR count). The fourth-order valence-corrected chi connectivity index (χ4v) is 1.09. The topological polar surface area (TPSA) is 66.9 Å². The Morgan fingerprint density at radius 3 is 2.69 bits per heavy atom. The first-order chi connectivity index (χ1) is 6.16. The van der Waals surface area contributed by atoms with Gasteiger partial charge in [0.1, 0.15) is 0 Å². The summed E-state index contributed by atoms with van der Waals surface area (Å²) in [5, 5.41) is 19.2. The number of hydrogen-bond donors (Lipinski definition) is 0. The summed E-state index contributed by atoms with van der Waals surface area (Å²) in [7, 11) is 0. The summed E-state index contributed by atoms with van der Waals surface area (Å²) in [5.41, 5.74) is 0.478. The van der Waals surface area contributed by atoms with E-state index in [2.05, 4.69) is 0 Å². The summed E-state index contributed by atoms with van der Waals surface area (Å²) < 4.78 is 0. The van der Waals surface area contributed by atoms with Gasteiger partial charge in [-0.2, -0.15) is 5.26 Å². The number of nitro benzene ring substituents is 1. The highest BCUT2D eigenvalue weighted by atomic mass is 16.6. The van der Waals surface area contributed by atoms with E-state index in [-0.39, 0.29) is 5.69 Å². The van der Waals surface area contributed by atoms with Gasteiger partial charge in [0.25, 0.3) is 5.69 Å². The number of nitriles is 1. The van der Waals surface area contributed by atoms with Crippen LogP contribution in [0.2, 0.25) is 0 Å². The van der Waals surface area contributed by atoms with Gasteiger partial charge < -0.3 is 0 Å². The standard InChI is InChI=1S/C9H8N2O2/c1-7(6-10)8-4-2-3-5-9(8)11(12)13/h2-5,7H,1H3/t7-/m1/s1.